The van der Waals surface area contributed by atoms with Gasteiger partial charge in [-0.1, -0.05) is 0 Å². The lowest BCUT2D eigenvalue weighted by Crippen LogP contribution is -2.38. The summed E-state index contributed by atoms with van der Waals surface area (Å²) in [5, 5.41) is 1.18. The van der Waals surface area contributed by atoms with Crippen LogP contribution in [0.15, 0.2) is 24.5 Å². The van der Waals surface area contributed by atoms with E-state index >= 15 is 0 Å². The zero-order valence-corrected chi connectivity index (χ0v) is 13.8. The van der Waals surface area contributed by atoms with E-state index in [1.807, 2.05) is 0 Å². The minimum atomic E-state index is 0. The SMILES string of the molecule is CC1CCCCN1c1ncnc2ccc(I)cc12.Cl. The van der Waals surface area contributed by atoms with E-state index in [0.717, 1.165) is 17.9 Å². The Morgan fingerprint density at radius 3 is 2.89 bits per heavy atom. The van der Waals surface area contributed by atoms with Gasteiger partial charge in [0.25, 0.3) is 0 Å². The van der Waals surface area contributed by atoms with Gasteiger partial charge < -0.3 is 4.90 Å². The highest BCUT2D eigenvalue weighted by Crippen LogP contribution is 2.29. The molecule has 0 radical (unpaired) electrons. The van der Waals surface area contributed by atoms with Crippen LogP contribution in [0.4, 0.5) is 5.82 Å². The Kier molecular flexibility index (Phi) is 4.84. The maximum atomic E-state index is 4.53. The molecule has 2 aromatic rings. The summed E-state index contributed by atoms with van der Waals surface area (Å²) in [6, 6.07) is 6.94. The first-order valence-electron chi connectivity index (χ1n) is 6.42. The molecule has 1 aromatic heterocycles. The first-order chi connectivity index (χ1) is 8.75. The van der Waals surface area contributed by atoms with Gasteiger partial charge in [-0.05, 0) is 67.0 Å². The van der Waals surface area contributed by atoms with Crippen LogP contribution in [0.3, 0.4) is 0 Å². The molecule has 1 saturated heterocycles. The summed E-state index contributed by atoms with van der Waals surface area (Å²) in [6.45, 7) is 3.40. The molecule has 0 N–H and O–H groups in total. The highest BCUT2D eigenvalue weighted by atomic mass is 127. The van der Waals surface area contributed by atoms with Crippen LogP contribution in [0.25, 0.3) is 10.9 Å². The fraction of sp³-hybridized carbons (Fsp3) is 0.429. The fourth-order valence-corrected chi connectivity index (χ4v) is 3.15. The van der Waals surface area contributed by atoms with Crippen LogP contribution in [-0.4, -0.2) is 22.6 Å². The van der Waals surface area contributed by atoms with E-state index in [9.17, 15) is 0 Å². The summed E-state index contributed by atoms with van der Waals surface area (Å²) in [6.07, 6.45) is 5.54. The molecule has 19 heavy (non-hydrogen) atoms. The third-order valence-corrected chi connectivity index (χ3v) is 4.32. The molecular formula is C14H17ClIN3. The molecule has 2 heterocycles. The number of aromatic nitrogens is 2. The smallest absolute Gasteiger partial charge is 0.140 e. The Balaban J connectivity index is 0.00000133. The Morgan fingerprint density at radius 1 is 1.26 bits per heavy atom. The van der Waals surface area contributed by atoms with Crippen molar-refractivity contribution in [2.24, 2.45) is 0 Å². The maximum absolute atomic E-state index is 4.53. The largest absolute Gasteiger partial charge is 0.353 e. The van der Waals surface area contributed by atoms with Crippen molar-refractivity contribution in [3.8, 4) is 0 Å². The molecule has 0 spiro atoms. The number of halogens is 2. The molecule has 3 nitrogen and oxygen atoms in total. The number of benzene rings is 1. The molecule has 5 heteroatoms. The zero-order chi connectivity index (χ0) is 12.5. The molecule has 1 fully saturated rings. The Morgan fingerprint density at radius 2 is 2.11 bits per heavy atom. The van der Waals surface area contributed by atoms with Crippen LogP contribution in [-0.2, 0) is 0 Å². The molecular weight excluding hydrogens is 373 g/mol. The number of piperidine rings is 1. The van der Waals surface area contributed by atoms with E-state index in [0.29, 0.717) is 6.04 Å². The quantitative estimate of drug-likeness (QED) is 0.690. The van der Waals surface area contributed by atoms with Crippen molar-refractivity contribution in [3.05, 3.63) is 28.1 Å². The molecule has 0 aliphatic carbocycles. The second-order valence-electron chi connectivity index (χ2n) is 4.90. The Hall–Kier alpha value is -0.620. The average Bonchev–Trinajstić information content (AvgIpc) is 2.39. The van der Waals surface area contributed by atoms with Crippen LogP contribution >= 0.6 is 35.0 Å². The van der Waals surface area contributed by atoms with Crippen LogP contribution in [0.5, 0.6) is 0 Å². The lowest BCUT2D eigenvalue weighted by Gasteiger charge is -2.34. The highest BCUT2D eigenvalue weighted by Gasteiger charge is 2.21. The first kappa shape index (κ1) is 14.8. The van der Waals surface area contributed by atoms with Crippen molar-refractivity contribution in [3.63, 3.8) is 0 Å². The van der Waals surface area contributed by atoms with Crippen LogP contribution in [0.1, 0.15) is 26.2 Å². The number of hydrogen-bond acceptors (Lipinski definition) is 3. The predicted octanol–water partition coefficient (Wildman–Crippen LogP) is 4.04. The van der Waals surface area contributed by atoms with Crippen molar-refractivity contribution in [1.29, 1.82) is 0 Å². The van der Waals surface area contributed by atoms with E-state index in [4.69, 9.17) is 0 Å². The van der Waals surface area contributed by atoms with Gasteiger partial charge in [-0.2, -0.15) is 0 Å². The highest BCUT2D eigenvalue weighted by molar-refractivity contribution is 14.1. The minimum Gasteiger partial charge on any atom is -0.353 e. The number of nitrogens with zero attached hydrogens (tertiary/aromatic N) is 3. The van der Waals surface area contributed by atoms with Crippen molar-refractivity contribution in [2.45, 2.75) is 32.2 Å². The monoisotopic (exact) mass is 389 g/mol. The normalized spacial score (nSPS) is 19.3. The van der Waals surface area contributed by atoms with E-state index in [2.05, 4.69) is 62.6 Å². The molecule has 3 rings (SSSR count). The summed E-state index contributed by atoms with van der Waals surface area (Å²) < 4.78 is 1.24. The van der Waals surface area contributed by atoms with Gasteiger partial charge in [-0.25, -0.2) is 9.97 Å². The molecule has 1 aliphatic rings. The topological polar surface area (TPSA) is 29.0 Å². The summed E-state index contributed by atoms with van der Waals surface area (Å²) in [7, 11) is 0. The Labute approximate surface area is 133 Å². The van der Waals surface area contributed by atoms with Crippen molar-refractivity contribution < 1.29 is 0 Å². The zero-order valence-electron chi connectivity index (χ0n) is 10.8. The maximum Gasteiger partial charge on any atom is 0.140 e. The van der Waals surface area contributed by atoms with Gasteiger partial charge in [0.15, 0.2) is 0 Å². The molecule has 0 saturated carbocycles. The predicted molar refractivity (Wildman–Crippen MR) is 90.2 cm³/mol. The van der Waals surface area contributed by atoms with Gasteiger partial charge >= 0.3 is 0 Å². The van der Waals surface area contributed by atoms with Crippen molar-refractivity contribution >= 4 is 51.7 Å². The minimum absolute atomic E-state index is 0. The Bertz CT molecular complexity index is 576. The van der Waals surface area contributed by atoms with Crippen LogP contribution in [0.2, 0.25) is 0 Å². The van der Waals surface area contributed by atoms with E-state index in [1.54, 1.807) is 6.33 Å². The molecule has 1 unspecified atom stereocenters. The third-order valence-electron chi connectivity index (χ3n) is 3.65. The molecule has 102 valence electrons. The summed E-state index contributed by atoms with van der Waals surface area (Å²) in [5.41, 5.74) is 1.04. The van der Waals surface area contributed by atoms with E-state index in [-0.39, 0.29) is 12.4 Å². The van der Waals surface area contributed by atoms with Gasteiger partial charge in [0.2, 0.25) is 0 Å². The number of anilines is 1. The molecule has 1 aliphatic heterocycles. The van der Waals surface area contributed by atoms with Crippen LogP contribution < -0.4 is 4.90 Å². The van der Waals surface area contributed by atoms with E-state index in [1.165, 1.54) is 28.2 Å². The van der Waals surface area contributed by atoms with E-state index < -0.39 is 0 Å². The standard InChI is InChI=1S/C14H16IN3.ClH/c1-10-4-2-3-7-18(10)14-12-8-11(15)5-6-13(12)16-9-17-14;/h5-6,8-10H,2-4,7H2,1H3;1H. The summed E-state index contributed by atoms with van der Waals surface area (Å²) in [5.74, 6) is 1.10. The second-order valence-corrected chi connectivity index (χ2v) is 6.14. The molecule has 0 amide bonds. The van der Waals surface area contributed by atoms with Crippen molar-refractivity contribution in [1.82, 2.24) is 9.97 Å². The average molecular weight is 390 g/mol. The summed E-state index contributed by atoms with van der Waals surface area (Å²) in [4.78, 5) is 11.3. The lowest BCUT2D eigenvalue weighted by atomic mass is 10.0. The van der Waals surface area contributed by atoms with Gasteiger partial charge in [0.05, 0.1) is 5.52 Å². The van der Waals surface area contributed by atoms with Gasteiger partial charge in [-0.15, -0.1) is 12.4 Å². The number of rotatable bonds is 1. The fourth-order valence-electron chi connectivity index (χ4n) is 2.66. The van der Waals surface area contributed by atoms with Gasteiger partial charge in [0.1, 0.15) is 12.1 Å². The first-order valence-corrected chi connectivity index (χ1v) is 7.50. The summed E-state index contributed by atoms with van der Waals surface area (Å²) >= 11 is 2.35. The van der Waals surface area contributed by atoms with Gasteiger partial charge in [-0.3, -0.25) is 0 Å². The number of fused-ring (bicyclic) bond motifs is 1. The third kappa shape index (κ3) is 2.94. The van der Waals surface area contributed by atoms with Gasteiger partial charge in [0, 0.05) is 21.5 Å². The molecule has 1 atom stereocenters. The molecule has 0 bridgehead atoms. The second kappa shape index (κ2) is 6.22. The van der Waals surface area contributed by atoms with Crippen molar-refractivity contribution in [2.75, 3.05) is 11.4 Å². The van der Waals surface area contributed by atoms with Crippen LogP contribution in [0, 0.1) is 3.57 Å². The number of hydrogen-bond donors (Lipinski definition) is 0. The molecule has 1 aromatic carbocycles. The lowest BCUT2D eigenvalue weighted by molar-refractivity contribution is 0.482.